The van der Waals surface area contributed by atoms with E-state index in [2.05, 4.69) is 36.9 Å². The van der Waals surface area contributed by atoms with E-state index in [1.165, 1.54) is 0 Å². The zero-order chi connectivity index (χ0) is 17.9. The summed E-state index contributed by atoms with van der Waals surface area (Å²) < 4.78 is 6.07. The maximum atomic E-state index is 10.7. The van der Waals surface area contributed by atoms with Gasteiger partial charge in [0.1, 0.15) is 0 Å². The molecule has 2 unspecified atom stereocenters. The first-order valence-corrected chi connectivity index (χ1v) is 8.59. The van der Waals surface area contributed by atoms with E-state index < -0.39 is 6.10 Å². The van der Waals surface area contributed by atoms with E-state index in [0.29, 0.717) is 18.7 Å². The quantitative estimate of drug-likeness (QED) is 0.929. The molecule has 1 N–H and O–H groups in total. The van der Waals surface area contributed by atoms with Crippen molar-refractivity contribution in [2.24, 2.45) is 0 Å². The van der Waals surface area contributed by atoms with Gasteiger partial charge in [-0.25, -0.2) is 0 Å². The number of nitrogens with zero attached hydrogens (tertiary/aromatic N) is 2. The SMILES string of the molecule is CC1(C)COC(c2ccccc2)CN1CC(O)c1ccc(C#N)cc1. The van der Waals surface area contributed by atoms with Crippen LogP contribution in [0.25, 0.3) is 0 Å². The fraction of sp³-hybridized carbons (Fsp3) is 0.381. The highest BCUT2D eigenvalue weighted by Crippen LogP contribution is 2.31. The number of ether oxygens (including phenoxy) is 1. The smallest absolute Gasteiger partial charge is 0.0991 e. The lowest BCUT2D eigenvalue weighted by atomic mass is 9.96. The Morgan fingerprint density at radius 1 is 1.20 bits per heavy atom. The maximum absolute atomic E-state index is 10.7. The van der Waals surface area contributed by atoms with Crippen LogP contribution in [0.1, 0.15) is 42.7 Å². The van der Waals surface area contributed by atoms with Gasteiger partial charge in [0, 0.05) is 18.6 Å². The molecule has 2 aromatic rings. The summed E-state index contributed by atoms with van der Waals surface area (Å²) in [5, 5.41) is 19.6. The van der Waals surface area contributed by atoms with Gasteiger partial charge in [0.25, 0.3) is 0 Å². The molecule has 1 aliphatic heterocycles. The van der Waals surface area contributed by atoms with Gasteiger partial charge < -0.3 is 9.84 Å². The minimum absolute atomic E-state index is 0.0161. The summed E-state index contributed by atoms with van der Waals surface area (Å²) in [6.07, 6.45) is -0.580. The topological polar surface area (TPSA) is 56.5 Å². The number of hydrogen-bond acceptors (Lipinski definition) is 4. The van der Waals surface area contributed by atoms with E-state index in [9.17, 15) is 5.11 Å². The molecule has 1 heterocycles. The normalized spacial score (nSPS) is 21.4. The lowest BCUT2D eigenvalue weighted by Crippen LogP contribution is -2.54. The third-order valence-electron chi connectivity index (χ3n) is 4.87. The van der Waals surface area contributed by atoms with Gasteiger partial charge in [-0.2, -0.15) is 5.26 Å². The number of hydrogen-bond donors (Lipinski definition) is 1. The van der Waals surface area contributed by atoms with Crippen molar-refractivity contribution < 1.29 is 9.84 Å². The molecule has 25 heavy (non-hydrogen) atoms. The Bertz CT molecular complexity index is 735. The Hall–Kier alpha value is -2.19. The zero-order valence-electron chi connectivity index (χ0n) is 14.7. The minimum atomic E-state index is -0.596. The molecule has 0 radical (unpaired) electrons. The maximum Gasteiger partial charge on any atom is 0.0991 e. The number of rotatable bonds is 4. The second-order valence-corrected chi connectivity index (χ2v) is 7.18. The summed E-state index contributed by atoms with van der Waals surface area (Å²) in [6.45, 7) is 6.17. The van der Waals surface area contributed by atoms with Gasteiger partial charge in [0.2, 0.25) is 0 Å². The molecule has 0 bridgehead atoms. The summed E-state index contributed by atoms with van der Waals surface area (Å²) in [5.74, 6) is 0. The molecule has 0 spiro atoms. The molecule has 2 atom stereocenters. The second kappa shape index (κ2) is 7.37. The molecule has 1 saturated heterocycles. The number of nitriles is 1. The Labute approximate surface area is 149 Å². The van der Waals surface area contributed by atoms with Crippen molar-refractivity contribution in [3.63, 3.8) is 0 Å². The number of benzene rings is 2. The molecule has 0 aliphatic carbocycles. The summed E-state index contributed by atoms with van der Waals surface area (Å²) in [6, 6.07) is 19.5. The third-order valence-corrected chi connectivity index (χ3v) is 4.87. The van der Waals surface area contributed by atoms with Gasteiger partial charge in [-0.05, 0) is 37.1 Å². The average molecular weight is 336 g/mol. The van der Waals surface area contributed by atoms with E-state index >= 15 is 0 Å². The fourth-order valence-electron chi connectivity index (χ4n) is 3.18. The van der Waals surface area contributed by atoms with Gasteiger partial charge in [-0.15, -0.1) is 0 Å². The van der Waals surface area contributed by atoms with Crippen molar-refractivity contribution in [2.45, 2.75) is 31.6 Å². The molecule has 3 rings (SSSR count). The number of β-amino-alcohol motifs (C(OH)–C–C–N with tert-alkyl or cyclic N) is 1. The standard InChI is InChI=1S/C21H24N2O2/c1-21(2)15-25-20(18-6-4-3-5-7-18)14-23(21)13-19(24)17-10-8-16(12-22)9-11-17/h3-11,19-20,24H,13-15H2,1-2H3. The van der Waals surface area contributed by atoms with E-state index in [1.807, 2.05) is 30.3 Å². The fourth-order valence-corrected chi connectivity index (χ4v) is 3.18. The number of aliphatic hydroxyl groups is 1. The van der Waals surface area contributed by atoms with Crippen LogP contribution in [-0.4, -0.2) is 35.2 Å². The number of morpholine rings is 1. The van der Waals surface area contributed by atoms with Gasteiger partial charge in [0.15, 0.2) is 0 Å². The lowest BCUT2D eigenvalue weighted by Gasteiger charge is -2.46. The van der Waals surface area contributed by atoms with Crippen molar-refractivity contribution in [1.82, 2.24) is 4.90 Å². The van der Waals surface area contributed by atoms with Crippen LogP contribution in [0, 0.1) is 11.3 Å². The summed E-state index contributed by atoms with van der Waals surface area (Å²) in [7, 11) is 0. The van der Waals surface area contributed by atoms with E-state index in [-0.39, 0.29) is 11.6 Å². The van der Waals surface area contributed by atoms with E-state index in [4.69, 9.17) is 10.00 Å². The highest BCUT2D eigenvalue weighted by Gasteiger charge is 2.36. The average Bonchev–Trinajstić information content (AvgIpc) is 2.64. The molecule has 4 nitrogen and oxygen atoms in total. The van der Waals surface area contributed by atoms with Gasteiger partial charge >= 0.3 is 0 Å². The molecular formula is C21H24N2O2. The molecular weight excluding hydrogens is 312 g/mol. The molecule has 130 valence electrons. The van der Waals surface area contributed by atoms with Crippen LogP contribution in [0.15, 0.2) is 54.6 Å². The predicted octanol–water partition coefficient (Wildman–Crippen LogP) is 3.44. The highest BCUT2D eigenvalue weighted by molar-refractivity contribution is 5.32. The van der Waals surface area contributed by atoms with Crippen LogP contribution in [0.5, 0.6) is 0 Å². The summed E-state index contributed by atoms with van der Waals surface area (Å²) >= 11 is 0. The van der Waals surface area contributed by atoms with E-state index in [0.717, 1.165) is 17.7 Å². The molecule has 1 aliphatic rings. The molecule has 1 fully saturated rings. The second-order valence-electron chi connectivity index (χ2n) is 7.18. The van der Waals surface area contributed by atoms with Crippen molar-refractivity contribution >= 4 is 0 Å². The monoisotopic (exact) mass is 336 g/mol. The van der Waals surface area contributed by atoms with Crippen LogP contribution < -0.4 is 0 Å². The Morgan fingerprint density at radius 3 is 2.52 bits per heavy atom. The Kier molecular flexibility index (Phi) is 5.19. The van der Waals surface area contributed by atoms with Crippen molar-refractivity contribution in [3.8, 4) is 6.07 Å². The first-order valence-electron chi connectivity index (χ1n) is 8.59. The summed E-state index contributed by atoms with van der Waals surface area (Å²) in [5.41, 5.74) is 2.46. The molecule has 0 aromatic heterocycles. The Morgan fingerprint density at radius 2 is 1.88 bits per heavy atom. The molecule has 0 amide bonds. The molecule has 0 saturated carbocycles. The van der Waals surface area contributed by atoms with Crippen molar-refractivity contribution in [3.05, 3.63) is 71.3 Å². The Balaban J connectivity index is 1.72. The number of aliphatic hydroxyl groups excluding tert-OH is 1. The molecule has 4 heteroatoms. The first kappa shape index (κ1) is 17.6. The van der Waals surface area contributed by atoms with Crippen molar-refractivity contribution in [1.29, 1.82) is 5.26 Å². The highest BCUT2D eigenvalue weighted by atomic mass is 16.5. The van der Waals surface area contributed by atoms with Crippen LogP contribution in [0.2, 0.25) is 0 Å². The van der Waals surface area contributed by atoms with Crippen molar-refractivity contribution in [2.75, 3.05) is 19.7 Å². The lowest BCUT2D eigenvalue weighted by molar-refractivity contribution is -0.111. The predicted molar refractivity (Wildman–Crippen MR) is 96.9 cm³/mol. The van der Waals surface area contributed by atoms with Gasteiger partial charge in [-0.1, -0.05) is 42.5 Å². The van der Waals surface area contributed by atoms with Crippen LogP contribution in [0.3, 0.4) is 0 Å². The van der Waals surface area contributed by atoms with Crippen LogP contribution in [0.4, 0.5) is 0 Å². The minimum Gasteiger partial charge on any atom is -0.387 e. The van der Waals surface area contributed by atoms with Crippen LogP contribution >= 0.6 is 0 Å². The molecule has 2 aromatic carbocycles. The summed E-state index contributed by atoms with van der Waals surface area (Å²) in [4.78, 5) is 2.29. The zero-order valence-corrected chi connectivity index (χ0v) is 14.7. The first-order chi connectivity index (χ1) is 12.0. The van der Waals surface area contributed by atoms with Gasteiger partial charge in [0.05, 0.1) is 30.4 Å². The third kappa shape index (κ3) is 4.08. The van der Waals surface area contributed by atoms with Crippen LogP contribution in [-0.2, 0) is 4.74 Å². The largest absolute Gasteiger partial charge is 0.387 e. The van der Waals surface area contributed by atoms with Gasteiger partial charge in [-0.3, -0.25) is 4.90 Å². The van der Waals surface area contributed by atoms with E-state index in [1.54, 1.807) is 12.1 Å².